The molecule has 0 heterocycles. The fourth-order valence-electron chi connectivity index (χ4n) is 3.05. The molecule has 1 fully saturated rings. The summed E-state index contributed by atoms with van der Waals surface area (Å²) >= 11 is 3.24. The maximum absolute atomic E-state index is 13.2. The van der Waals surface area contributed by atoms with Crippen LogP contribution in [0, 0.1) is 17.7 Å². The molecule has 3 atom stereocenters. The number of rotatable bonds is 2. The zero-order valence-electron chi connectivity index (χ0n) is 11.0. The van der Waals surface area contributed by atoms with Crippen molar-refractivity contribution < 1.29 is 4.39 Å². The number of hydrogen-bond donors (Lipinski definition) is 1. The summed E-state index contributed by atoms with van der Waals surface area (Å²) in [7, 11) is 0. The molecule has 2 N–H and O–H groups in total. The Morgan fingerprint density at radius 3 is 2.78 bits per heavy atom. The Morgan fingerprint density at radius 1 is 1.39 bits per heavy atom. The Labute approximate surface area is 117 Å². The minimum atomic E-state index is -0.213. The molecule has 1 saturated carbocycles. The van der Waals surface area contributed by atoms with Gasteiger partial charge in [0.25, 0.3) is 0 Å². The van der Waals surface area contributed by atoms with Gasteiger partial charge in [-0.15, -0.1) is 0 Å². The quantitative estimate of drug-likeness (QED) is 0.866. The molecule has 3 unspecified atom stereocenters. The van der Waals surface area contributed by atoms with E-state index in [1.165, 1.54) is 18.9 Å². The molecule has 1 aromatic rings. The molecule has 0 bridgehead atoms. The Hall–Kier alpha value is -0.410. The van der Waals surface area contributed by atoms with E-state index in [2.05, 4.69) is 29.8 Å². The van der Waals surface area contributed by atoms with Crippen LogP contribution in [0.5, 0.6) is 0 Å². The summed E-state index contributed by atoms with van der Waals surface area (Å²) in [5, 5.41) is 0. The SMILES string of the molecule is CC1CCC(C)C(N)(Cc2ccc(F)c(Br)c2)C1. The van der Waals surface area contributed by atoms with Gasteiger partial charge in [-0.2, -0.15) is 0 Å². The first-order chi connectivity index (χ1) is 8.40. The standard InChI is InChI=1S/C15H21BrFN/c1-10-3-4-11(2)15(18,8-10)9-12-5-6-14(17)13(16)7-12/h5-7,10-11H,3-4,8-9,18H2,1-2H3. The summed E-state index contributed by atoms with van der Waals surface area (Å²) in [6.45, 7) is 4.51. The highest BCUT2D eigenvalue weighted by Gasteiger charge is 2.37. The molecule has 0 amide bonds. The second kappa shape index (κ2) is 5.30. The minimum absolute atomic E-state index is 0.144. The normalized spacial score (nSPS) is 32.5. The molecule has 0 saturated heterocycles. The van der Waals surface area contributed by atoms with E-state index in [0.29, 0.717) is 16.3 Å². The largest absolute Gasteiger partial charge is 0.325 e. The van der Waals surface area contributed by atoms with Crippen molar-refractivity contribution in [3.8, 4) is 0 Å². The van der Waals surface area contributed by atoms with E-state index in [4.69, 9.17) is 5.73 Å². The Bertz CT molecular complexity index is 435. The molecular weight excluding hydrogens is 293 g/mol. The van der Waals surface area contributed by atoms with Gasteiger partial charge in [-0.05, 0) is 64.7 Å². The summed E-state index contributed by atoms with van der Waals surface area (Å²) in [6.07, 6.45) is 4.35. The number of benzene rings is 1. The second-order valence-corrected chi connectivity index (χ2v) is 6.80. The molecule has 1 nitrogen and oxygen atoms in total. The molecule has 100 valence electrons. The highest BCUT2D eigenvalue weighted by atomic mass is 79.9. The Morgan fingerprint density at radius 2 is 2.11 bits per heavy atom. The van der Waals surface area contributed by atoms with E-state index < -0.39 is 0 Å². The predicted octanol–water partition coefficient (Wildman–Crippen LogP) is 4.28. The van der Waals surface area contributed by atoms with E-state index in [0.717, 1.165) is 18.4 Å². The van der Waals surface area contributed by atoms with Gasteiger partial charge in [0.05, 0.1) is 4.47 Å². The van der Waals surface area contributed by atoms with E-state index in [1.54, 1.807) is 0 Å². The van der Waals surface area contributed by atoms with Crippen molar-refractivity contribution in [2.75, 3.05) is 0 Å². The van der Waals surface area contributed by atoms with E-state index in [-0.39, 0.29) is 11.4 Å². The van der Waals surface area contributed by atoms with Gasteiger partial charge >= 0.3 is 0 Å². The zero-order chi connectivity index (χ0) is 13.3. The highest BCUT2D eigenvalue weighted by Crippen LogP contribution is 2.37. The first-order valence-electron chi connectivity index (χ1n) is 6.63. The monoisotopic (exact) mass is 313 g/mol. The van der Waals surface area contributed by atoms with Crippen LogP contribution in [0.15, 0.2) is 22.7 Å². The highest BCUT2D eigenvalue weighted by molar-refractivity contribution is 9.10. The fraction of sp³-hybridized carbons (Fsp3) is 0.600. The lowest BCUT2D eigenvalue weighted by molar-refractivity contribution is 0.161. The Kier molecular flexibility index (Phi) is 4.12. The van der Waals surface area contributed by atoms with Crippen molar-refractivity contribution >= 4 is 15.9 Å². The van der Waals surface area contributed by atoms with Crippen LogP contribution in [0.3, 0.4) is 0 Å². The molecule has 1 aliphatic carbocycles. The molecule has 0 radical (unpaired) electrons. The van der Waals surface area contributed by atoms with Gasteiger partial charge in [0.1, 0.15) is 5.82 Å². The first-order valence-corrected chi connectivity index (χ1v) is 7.43. The summed E-state index contributed by atoms with van der Waals surface area (Å²) in [5.74, 6) is 1.00. The summed E-state index contributed by atoms with van der Waals surface area (Å²) < 4.78 is 13.8. The molecule has 1 aliphatic rings. The Balaban J connectivity index is 2.17. The zero-order valence-corrected chi connectivity index (χ0v) is 12.6. The number of hydrogen-bond acceptors (Lipinski definition) is 1. The molecule has 0 aromatic heterocycles. The fourth-order valence-corrected chi connectivity index (χ4v) is 3.48. The average molecular weight is 314 g/mol. The van der Waals surface area contributed by atoms with Crippen LogP contribution >= 0.6 is 15.9 Å². The first kappa shape index (κ1) is 14.0. The van der Waals surface area contributed by atoms with Crippen LogP contribution in [-0.4, -0.2) is 5.54 Å². The van der Waals surface area contributed by atoms with Gasteiger partial charge in [-0.3, -0.25) is 0 Å². The van der Waals surface area contributed by atoms with Gasteiger partial charge in [0.2, 0.25) is 0 Å². The predicted molar refractivity (Wildman–Crippen MR) is 76.9 cm³/mol. The summed E-state index contributed by atoms with van der Waals surface area (Å²) in [6, 6.07) is 5.22. The molecular formula is C15H21BrFN. The van der Waals surface area contributed by atoms with Crippen molar-refractivity contribution in [1.82, 2.24) is 0 Å². The smallest absolute Gasteiger partial charge is 0.137 e. The van der Waals surface area contributed by atoms with E-state index >= 15 is 0 Å². The lowest BCUT2D eigenvalue weighted by atomic mass is 9.68. The molecule has 3 heteroatoms. The second-order valence-electron chi connectivity index (χ2n) is 5.95. The van der Waals surface area contributed by atoms with Crippen molar-refractivity contribution in [2.45, 2.75) is 45.1 Å². The summed E-state index contributed by atoms with van der Waals surface area (Å²) in [5.41, 5.74) is 7.58. The van der Waals surface area contributed by atoms with E-state index in [9.17, 15) is 4.39 Å². The summed E-state index contributed by atoms with van der Waals surface area (Å²) in [4.78, 5) is 0. The van der Waals surface area contributed by atoms with Crippen LogP contribution in [0.4, 0.5) is 4.39 Å². The maximum Gasteiger partial charge on any atom is 0.137 e. The van der Waals surface area contributed by atoms with Crippen LogP contribution in [-0.2, 0) is 6.42 Å². The van der Waals surface area contributed by atoms with Crippen molar-refractivity contribution in [2.24, 2.45) is 17.6 Å². The molecule has 0 aliphatic heterocycles. The lowest BCUT2D eigenvalue weighted by Gasteiger charge is -2.42. The molecule has 2 rings (SSSR count). The number of halogens is 2. The minimum Gasteiger partial charge on any atom is -0.325 e. The van der Waals surface area contributed by atoms with Gasteiger partial charge < -0.3 is 5.73 Å². The van der Waals surface area contributed by atoms with Gasteiger partial charge in [-0.1, -0.05) is 26.3 Å². The van der Waals surface area contributed by atoms with Gasteiger partial charge in [0, 0.05) is 5.54 Å². The molecule has 0 spiro atoms. The molecule has 18 heavy (non-hydrogen) atoms. The van der Waals surface area contributed by atoms with Gasteiger partial charge in [-0.25, -0.2) is 4.39 Å². The maximum atomic E-state index is 13.2. The van der Waals surface area contributed by atoms with Crippen LogP contribution in [0.1, 0.15) is 38.7 Å². The van der Waals surface area contributed by atoms with Crippen molar-refractivity contribution in [3.05, 3.63) is 34.1 Å². The van der Waals surface area contributed by atoms with Gasteiger partial charge in [0.15, 0.2) is 0 Å². The topological polar surface area (TPSA) is 26.0 Å². The van der Waals surface area contributed by atoms with Crippen LogP contribution in [0.2, 0.25) is 0 Å². The third-order valence-corrected chi connectivity index (χ3v) is 4.93. The van der Waals surface area contributed by atoms with Crippen LogP contribution in [0.25, 0.3) is 0 Å². The van der Waals surface area contributed by atoms with Crippen molar-refractivity contribution in [1.29, 1.82) is 0 Å². The van der Waals surface area contributed by atoms with Crippen molar-refractivity contribution in [3.63, 3.8) is 0 Å². The number of nitrogens with two attached hydrogens (primary N) is 1. The third kappa shape index (κ3) is 2.94. The molecule has 1 aromatic carbocycles. The average Bonchev–Trinajstić information content (AvgIpc) is 2.29. The lowest BCUT2D eigenvalue weighted by Crippen LogP contribution is -2.51. The third-order valence-electron chi connectivity index (χ3n) is 4.32. The van der Waals surface area contributed by atoms with E-state index in [1.807, 2.05) is 12.1 Å². The van der Waals surface area contributed by atoms with Crippen LogP contribution < -0.4 is 5.73 Å².